The predicted octanol–water partition coefficient (Wildman–Crippen LogP) is 2.61. The molecular formula is C14H13NO2. The van der Waals surface area contributed by atoms with E-state index in [1.54, 1.807) is 13.0 Å². The second-order valence-corrected chi connectivity index (χ2v) is 4.62. The fourth-order valence-corrected chi connectivity index (χ4v) is 2.35. The molecule has 0 spiro atoms. The minimum absolute atomic E-state index is 0.0272. The Morgan fingerprint density at radius 3 is 2.47 bits per heavy atom. The molecule has 3 heteroatoms. The van der Waals surface area contributed by atoms with Crippen molar-refractivity contribution in [3.63, 3.8) is 0 Å². The van der Waals surface area contributed by atoms with Gasteiger partial charge in [0.2, 0.25) is 0 Å². The molecule has 0 aliphatic heterocycles. The lowest BCUT2D eigenvalue weighted by Crippen LogP contribution is -2.14. The topological polar surface area (TPSA) is 49.9 Å². The van der Waals surface area contributed by atoms with Crippen LogP contribution in [0.5, 0.6) is 0 Å². The van der Waals surface area contributed by atoms with Crippen LogP contribution in [0.2, 0.25) is 0 Å². The summed E-state index contributed by atoms with van der Waals surface area (Å²) in [6.07, 6.45) is 2.13. The quantitative estimate of drug-likeness (QED) is 0.802. The molecule has 0 radical (unpaired) electrons. The summed E-state index contributed by atoms with van der Waals surface area (Å²) in [5.41, 5.74) is 1.44. The number of benzene rings is 1. The van der Waals surface area contributed by atoms with Crippen LogP contribution in [0, 0.1) is 0 Å². The van der Waals surface area contributed by atoms with Gasteiger partial charge >= 0.3 is 0 Å². The molecule has 0 saturated heterocycles. The fraction of sp³-hybridized carbons (Fsp3) is 0.286. The van der Waals surface area contributed by atoms with E-state index in [2.05, 4.69) is 4.98 Å². The van der Waals surface area contributed by atoms with Gasteiger partial charge in [0.05, 0.1) is 0 Å². The lowest BCUT2D eigenvalue weighted by molar-refractivity contribution is 0.101. The third-order valence-corrected chi connectivity index (χ3v) is 3.30. The van der Waals surface area contributed by atoms with Crippen molar-refractivity contribution >= 4 is 16.6 Å². The van der Waals surface area contributed by atoms with E-state index >= 15 is 0 Å². The van der Waals surface area contributed by atoms with Gasteiger partial charge in [0.25, 0.3) is 5.56 Å². The summed E-state index contributed by atoms with van der Waals surface area (Å²) in [4.78, 5) is 26.6. The van der Waals surface area contributed by atoms with Gasteiger partial charge in [-0.05, 0) is 37.1 Å². The maximum Gasteiger partial charge on any atom is 0.256 e. The number of nitrogens with one attached hydrogen (secondary N) is 1. The Balaban J connectivity index is 2.45. The smallest absolute Gasteiger partial charge is 0.256 e. The maximum absolute atomic E-state index is 11.9. The van der Waals surface area contributed by atoms with Gasteiger partial charge in [-0.15, -0.1) is 0 Å². The first kappa shape index (κ1) is 10.3. The Kier molecular flexibility index (Phi) is 2.15. The molecule has 0 amide bonds. The third-order valence-electron chi connectivity index (χ3n) is 3.30. The number of carbonyl (C=O) groups excluding carboxylic acids is 1. The van der Waals surface area contributed by atoms with Crippen molar-refractivity contribution in [1.29, 1.82) is 0 Å². The molecule has 1 heterocycles. The highest BCUT2D eigenvalue weighted by atomic mass is 16.1. The van der Waals surface area contributed by atoms with Crippen molar-refractivity contribution in [2.75, 3.05) is 0 Å². The predicted molar refractivity (Wildman–Crippen MR) is 66.5 cm³/mol. The van der Waals surface area contributed by atoms with Gasteiger partial charge in [0.15, 0.2) is 5.78 Å². The minimum atomic E-state index is -0.0903. The molecule has 1 N–H and O–H groups in total. The van der Waals surface area contributed by atoms with Gasteiger partial charge < -0.3 is 4.98 Å². The van der Waals surface area contributed by atoms with Gasteiger partial charge in [-0.25, -0.2) is 0 Å². The second-order valence-electron chi connectivity index (χ2n) is 4.62. The molecule has 0 atom stereocenters. The molecule has 1 aliphatic rings. The highest BCUT2D eigenvalue weighted by Gasteiger charge is 2.29. The molecule has 3 nitrogen and oxygen atoms in total. The van der Waals surface area contributed by atoms with Crippen LogP contribution in [0.25, 0.3) is 10.8 Å². The molecule has 17 heavy (non-hydrogen) atoms. The zero-order chi connectivity index (χ0) is 12.0. The summed E-state index contributed by atoms with van der Waals surface area (Å²) in [6.45, 7) is 1.56. The first-order chi connectivity index (χ1) is 8.18. The maximum atomic E-state index is 11.9. The molecule has 0 bridgehead atoms. The van der Waals surface area contributed by atoms with Crippen molar-refractivity contribution in [3.8, 4) is 0 Å². The van der Waals surface area contributed by atoms with E-state index in [1.807, 2.05) is 18.2 Å². The number of H-pyrrole nitrogens is 1. The van der Waals surface area contributed by atoms with Gasteiger partial charge in [0.1, 0.15) is 0 Å². The van der Waals surface area contributed by atoms with E-state index in [0.717, 1.165) is 23.9 Å². The van der Waals surface area contributed by atoms with Crippen molar-refractivity contribution in [2.24, 2.45) is 0 Å². The van der Waals surface area contributed by atoms with Crippen LogP contribution < -0.4 is 5.56 Å². The molecule has 0 unspecified atom stereocenters. The molecule has 1 aromatic heterocycles. The largest absolute Gasteiger partial charge is 0.325 e. The average Bonchev–Trinajstić information content (AvgIpc) is 3.12. The zero-order valence-corrected chi connectivity index (χ0v) is 9.62. The molecular weight excluding hydrogens is 214 g/mol. The minimum Gasteiger partial charge on any atom is -0.325 e. The van der Waals surface area contributed by atoms with Crippen LogP contribution in [0.15, 0.2) is 29.1 Å². The number of hydrogen-bond donors (Lipinski definition) is 1. The van der Waals surface area contributed by atoms with Crippen molar-refractivity contribution < 1.29 is 4.79 Å². The van der Waals surface area contributed by atoms with E-state index in [4.69, 9.17) is 0 Å². The van der Waals surface area contributed by atoms with Crippen molar-refractivity contribution in [2.45, 2.75) is 25.7 Å². The zero-order valence-electron chi connectivity index (χ0n) is 9.62. The first-order valence-electron chi connectivity index (χ1n) is 5.84. The Bertz CT molecular complexity index is 665. The normalized spacial score (nSPS) is 15.1. The molecule has 1 saturated carbocycles. The Morgan fingerprint density at radius 2 is 1.88 bits per heavy atom. The summed E-state index contributed by atoms with van der Waals surface area (Å²) in [7, 11) is 0. The number of aromatic nitrogens is 1. The second kappa shape index (κ2) is 3.55. The number of aromatic amines is 1. The molecule has 2 aromatic rings. The summed E-state index contributed by atoms with van der Waals surface area (Å²) in [6, 6.07) is 7.30. The standard InChI is InChI=1S/C14H13NO2/c1-8(16)12-10-4-2-3-5-11(10)14(17)15-13(12)9-6-7-9/h2-5,9H,6-7H2,1H3,(H,15,17). The highest BCUT2D eigenvalue weighted by molar-refractivity contribution is 6.07. The molecule has 1 fully saturated rings. The van der Waals surface area contributed by atoms with Crippen molar-refractivity contribution in [3.05, 3.63) is 45.9 Å². The fourth-order valence-electron chi connectivity index (χ4n) is 2.35. The number of pyridine rings is 1. The van der Waals surface area contributed by atoms with E-state index in [0.29, 0.717) is 16.9 Å². The van der Waals surface area contributed by atoms with Crippen molar-refractivity contribution in [1.82, 2.24) is 4.98 Å². The van der Waals surface area contributed by atoms with E-state index in [9.17, 15) is 9.59 Å². The summed E-state index contributed by atoms with van der Waals surface area (Å²) >= 11 is 0. The summed E-state index contributed by atoms with van der Waals surface area (Å²) < 4.78 is 0. The van der Waals surface area contributed by atoms with Crippen LogP contribution in [-0.4, -0.2) is 10.8 Å². The number of fused-ring (bicyclic) bond motifs is 1. The highest BCUT2D eigenvalue weighted by Crippen LogP contribution is 2.41. The van der Waals surface area contributed by atoms with Crippen LogP contribution >= 0.6 is 0 Å². The first-order valence-corrected chi connectivity index (χ1v) is 5.84. The van der Waals surface area contributed by atoms with Gasteiger partial charge in [-0.3, -0.25) is 9.59 Å². The lowest BCUT2D eigenvalue weighted by Gasteiger charge is -2.09. The Morgan fingerprint density at radius 1 is 1.24 bits per heavy atom. The Hall–Kier alpha value is -1.90. The van der Waals surface area contributed by atoms with Crippen LogP contribution in [0.3, 0.4) is 0 Å². The third kappa shape index (κ3) is 1.58. The lowest BCUT2D eigenvalue weighted by atomic mass is 9.99. The number of ketones is 1. The SMILES string of the molecule is CC(=O)c1c(C2CC2)[nH]c(=O)c2ccccc12. The van der Waals surface area contributed by atoms with E-state index in [1.165, 1.54) is 0 Å². The number of hydrogen-bond acceptors (Lipinski definition) is 2. The molecule has 1 aromatic carbocycles. The molecule has 86 valence electrons. The number of Topliss-reactive ketones (excluding diaryl/α,β-unsaturated/α-hetero) is 1. The molecule has 3 rings (SSSR count). The number of carbonyl (C=O) groups is 1. The monoisotopic (exact) mass is 227 g/mol. The van der Waals surface area contributed by atoms with Gasteiger partial charge in [-0.1, -0.05) is 18.2 Å². The van der Waals surface area contributed by atoms with Crippen LogP contribution in [-0.2, 0) is 0 Å². The van der Waals surface area contributed by atoms with E-state index in [-0.39, 0.29) is 11.3 Å². The van der Waals surface area contributed by atoms with Crippen LogP contribution in [0.1, 0.15) is 41.7 Å². The summed E-state index contributed by atoms with van der Waals surface area (Å²) in [5, 5.41) is 1.38. The molecule has 1 aliphatic carbocycles. The van der Waals surface area contributed by atoms with E-state index < -0.39 is 0 Å². The average molecular weight is 227 g/mol. The number of rotatable bonds is 2. The Labute approximate surface area is 98.5 Å². The van der Waals surface area contributed by atoms with Gasteiger partial charge in [0, 0.05) is 16.6 Å². The van der Waals surface area contributed by atoms with Crippen LogP contribution in [0.4, 0.5) is 0 Å². The van der Waals surface area contributed by atoms with Gasteiger partial charge in [-0.2, -0.15) is 0 Å². The summed E-state index contributed by atoms with van der Waals surface area (Å²) in [5.74, 6) is 0.394.